The summed E-state index contributed by atoms with van der Waals surface area (Å²) in [5, 5.41) is 0. The molecule has 1 aromatic rings. The lowest BCUT2D eigenvalue weighted by molar-refractivity contribution is 0.1000. The Morgan fingerprint density at radius 2 is 1.52 bits per heavy atom. The van der Waals surface area contributed by atoms with Gasteiger partial charge in [0.25, 0.3) is 0 Å². The van der Waals surface area contributed by atoms with Crippen LogP contribution in [-0.4, -0.2) is 12.2 Å². The summed E-state index contributed by atoms with van der Waals surface area (Å²) in [6, 6.07) is 18.6. The molecule has 0 spiro atoms. The lowest BCUT2D eigenvalue weighted by Gasteiger charge is -2.01. The Bertz CT molecular complexity index is 794. The van der Waals surface area contributed by atoms with E-state index < -0.39 is 5.91 Å². The summed E-state index contributed by atoms with van der Waals surface area (Å²) in [6.07, 6.45) is 0.832. The largest absolute Gasteiger partial charge is 0.366 e. The first kappa shape index (κ1) is 13.1. The van der Waals surface area contributed by atoms with E-state index in [1.807, 2.05) is 42.5 Å². The van der Waals surface area contributed by atoms with Gasteiger partial charge in [-0.2, -0.15) is 0 Å². The third kappa shape index (κ3) is 2.30. The van der Waals surface area contributed by atoms with E-state index in [0.717, 1.165) is 28.5 Å². The van der Waals surface area contributed by atoms with Crippen molar-refractivity contribution in [3.05, 3.63) is 71.8 Å². The highest BCUT2D eigenvalue weighted by molar-refractivity contribution is 6.00. The molecule has 0 radical (unpaired) electrons. The third-order valence-corrected chi connectivity index (χ3v) is 3.55. The summed E-state index contributed by atoms with van der Waals surface area (Å²) in [6.45, 7) is 0. The van der Waals surface area contributed by atoms with Crippen LogP contribution < -0.4 is 5.73 Å². The predicted octanol–water partition coefficient (Wildman–Crippen LogP) is 3.37. The van der Waals surface area contributed by atoms with Crippen LogP contribution in [0.3, 0.4) is 0 Å². The SMILES string of the molecule is NC(=O)c1ccc2c(C=O)cc(-c3ccccc3)c-2cc1. The van der Waals surface area contributed by atoms with Gasteiger partial charge in [-0.25, -0.2) is 0 Å². The van der Waals surface area contributed by atoms with Crippen molar-refractivity contribution in [1.29, 1.82) is 0 Å². The topological polar surface area (TPSA) is 60.2 Å². The smallest absolute Gasteiger partial charge is 0.248 e. The zero-order valence-corrected chi connectivity index (χ0v) is 11.2. The Labute approximate surface area is 122 Å². The van der Waals surface area contributed by atoms with Gasteiger partial charge >= 0.3 is 0 Å². The zero-order valence-electron chi connectivity index (χ0n) is 11.2. The van der Waals surface area contributed by atoms with E-state index in [2.05, 4.69) is 0 Å². The van der Waals surface area contributed by atoms with E-state index in [4.69, 9.17) is 5.73 Å². The average molecular weight is 275 g/mol. The second-order valence-electron chi connectivity index (χ2n) is 4.81. The Hall–Kier alpha value is -2.94. The van der Waals surface area contributed by atoms with Gasteiger partial charge in [-0.15, -0.1) is 0 Å². The number of amides is 1. The predicted molar refractivity (Wildman–Crippen MR) is 82.4 cm³/mol. The van der Waals surface area contributed by atoms with Crippen LogP contribution in [0.5, 0.6) is 0 Å². The van der Waals surface area contributed by atoms with Crippen LogP contribution in [0.25, 0.3) is 22.3 Å². The molecule has 0 aliphatic heterocycles. The third-order valence-electron chi connectivity index (χ3n) is 3.55. The van der Waals surface area contributed by atoms with E-state index in [1.165, 1.54) is 0 Å². The molecular formula is C18H13NO2. The Morgan fingerprint density at radius 1 is 0.857 bits per heavy atom. The van der Waals surface area contributed by atoms with Crippen molar-refractivity contribution in [1.82, 2.24) is 0 Å². The van der Waals surface area contributed by atoms with Crippen molar-refractivity contribution >= 4 is 12.2 Å². The van der Waals surface area contributed by atoms with Crippen molar-refractivity contribution in [2.24, 2.45) is 5.73 Å². The molecule has 0 saturated heterocycles. The summed E-state index contributed by atoms with van der Waals surface area (Å²) >= 11 is 0. The number of benzene rings is 1. The van der Waals surface area contributed by atoms with Gasteiger partial charge in [0, 0.05) is 11.1 Å². The fourth-order valence-electron chi connectivity index (χ4n) is 2.50. The van der Waals surface area contributed by atoms with Crippen LogP contribution in [0, 0.1) is 0 Å². The number of rotatable bonds is 3. The normalized spacial score (nSPS) is 10.5. The van der Waals surface area contributed by atoms with E-state index in [-0.39, 0.29) is 0 Å². The van der Waals surface area contributed by atoms with Gasteiger partial charge in [0.1, 0.15) is 0 Å². The first-order valence-electron chi connectivity index (χ1n) is 6.58. The minimum Gasteiger partial charge on any atom is -0.366 e. The first-order valence-corrected chi connectivity index (χ1v) is 6.58. The number of nitrogens with two attached hydrogens (primary N) is 1. The molecule has 2 N–H and O–H groups in total. The molecule has 1 aromatic carbocycles. The average Bonchev–Trinajstić information content (AvgIpc) is 2.70. The molecule has 0 saturated carbocycles. The number of aldehydes is 1. The highest BCUT2D eigenvalue weighted by Crippen LogP contribution is 2.37. The minimum atomic E-state index is -0.485. The fraction of sp³-hybridized carbons (Fsp3) is 0. The number of primary amides is 1. The summed E-state index contributed by atoms with van der Waals surface area (Å²) in [7, 11) is 0. The molecule has 102 valence electrons. The molecule has 2 aliphatic carbocycles. The quantitative estimate of drug-likeness (QED) is 0.745. The molecule has 2 aliphatic rings. The van der Waals surface area contributed by atoms with Crippen molar-refractivity contribution < 1.29 is 9.59 Å². The molecule has 0 aromatic heterocycles. The minimum absolute atomic E-state index is 0.419. The van der Waals surface area contributed by atoms with E-state index in [0.29, 0.717) is 11.1 Å². The first-order chi connectivity index (χ1) is 10.2. The van der Waals surface area contributed by atoms with Crippen LogP contribution in [0.15, 0.2) is 60.7 Å². The van der Waals surface area contributed by atoms with Crippen LogP contribution >= 0.6 is 0 Å². The van der Waals surface area contributed by atoms with Crippen LogP contribution in [-0.2, 0) is 0 Å². The lowest BCUT2D eigenvalue weighted by atomic mass is 10.0. The number of carbonyl (C=O) groups excluding carboxylic acids is 2. The van der Waals surface area contributed by atoms with Gasteiger partial charge in [0.2, 0.25) is 5.91 Å². The molecule has 0 atom stereocenters. The maximum Gasteiger partial charge on any atom is 0.248 e. The fourth-order valence-corrected chi connectivity index (χ4v) is 2.50. The van der Waals surface area contributed by atoms with Gasteiger partial charge in [-0.3, -0.25) is 9.59 Å². The highest BCUT2D eigenvalue weighted by Gasteiger charge is 2.16. The van der Waals surface area contributed by atoms with Crippen molar-refractivity contribution in [2.45, 2.75) is 0 Å². The Morgan fingerprint density at radius 3 is 2.14 bits per heavy atom. The molecule has 3 rings (SSSR count). The summed E-state index contributed by atoms with van der Waals surface area (Å²) in [4.78, 5) is 22.6. The second-order valence-corrected chi connectivity index (χ2v) is 4.81. The van der Waals surface area contributed by atoms with Gasteiger partial charge in [0.15, 0.2) is 6.29 Å². The second kappa shape index (κ2) is 5.21. The highest BCUT2D eigenvalue weighted by atomic mass is 16.1. The zero-order chi connectivity index (χ0) is 14.8. The lowest BCUT2D eigenvalue weighted by Crippen LogP contribution is -2.09. The number of carbonyl (C=O) groups is 2. The molecular weight excluding hydrogens is 262 g/mol. The standard InChI is InChI=1S/C18H13NO2/c19-18(21)13-6-8-15-14(11-20)10-17(16(15)9-7-13)12-4-2-1-3-5-12/h1-11H,(H2,19,21). The number of hydrogen-bond donors (Lipinski definition) is 1. The summed E-state index contributed by atoms with van der Waals surface area (Å²) < 4.78 is 0. The Balaban J connectivity index is 2.28. The van der Waals surface area contributed by atoms with Crippen molar-refractivity contribution in [3.63, 3.8) is 0 Å². The number of hydrogen-bond acceptors (Lipinski definition) is 2. The van der Waals surface area contributed by atoms with Gasteiger partial charge in [-0.1, -0.05) is 42.5 Å². The molecule has 0 unspecified atom stereocenters. The maximum absolute atomic E-state index is 11.3. The molecule has 3 nitrogen and oxygen atoms in total. The monoisotopic (exact) mass is 275 g/mol. The maximum atomic E-state index is 11.3. The molecule has 0 fully saturated rings. The molecule has 0 heterocycles. The van der Waals surface area contributed by atoms with Crippen LogP contribution in [0.2, 0.25) is 0 Å². The number of fused-ring (bicyclic) bond motifs is 1. The van der Waals surface area contributed by atoms with E-state index in [9.17, 15) is 9.59 Å². The van der Waals surface area contributed by atoms with E-state index in [1.54, 1.807) is 18.2 Å². The van der Waals surface area contributed by atoms with E-state index >= 15 is 0 Å². The van der Waals surface area contributed by atoms with Crippen molar-refractivity contribution in [3.8, 4) is 22.3 Å². The molecule has 3 heteroatoms. The van der Waals surface area contributed by atoms with Gasteiger partial charge in [0.05, 0.1) is 0 Å². The summed E-state index contributed by atoms with van der Waals surface area (Å²) in [5.41, 5.74) is 10.1. The Kier molecular flexibility index (Phi) is 3.24. The van der Waals surface area contributed by atoms with Gasteiger partial charge in [-0.05, 0) is 40.5 Å². The van der Waals surface area contributed by atoms with Crippen molar-refractivity contribution in [2.75, 3.05) is 0 Å². The molecule has 21 heavy (non-hydrogen) atoms. The van der Waals surface area contributed by atoms with Gasteiger partial charge < -0.3 is 5.73 Å². The summed E-state index contributed by atoms with van der Waals surface area (Å²) in [5.74, 6) is -0.485. The molecule has 1 amide bonds. The molecule has 0 bridgehead atoms. The van der Waals surface area contributed by atoms with Crippen LogP contribution in [0.4, 0.5) is 0 Å². The van der Waals surface area contributed by atoms with Crippen LogP contribution in [0.1, 0.15) is 20.7 Å².